The zero-order valence-corrected chi connectivity index (χ0v) is 9.54. The molecule has 2 N–H and O–H groups in total. The van der Waals surface area contributed by atoms with Gasteiger partial charge in [-0.3, -0.25) is 0 Å². The smallest absolute Gasteiger partial charge is 0.131 e. The van der Waals surface area contributed by atoms with Gasteiger partial charge in [-0.2, -0.15) is 0 Å². The number of nitrogens with two attached hydrogens (primary N) is 1. The van der Waals surface area contributed by atoms with E-state index >= 15 is 0 Å². The van der Waals surface area contributed by atoms with Crippen LogP contribution in [0.3, 0.4) is 0 Å². The highest BCUT2D eigenvalue weighted by molar-refractivity contribution is 5.93. The molecule has 0 radical (unpaired) electrons. The molecule has 0 saturated heterocycles. The standard InChI is InChI=1S/C14H14N2/c1-8-6-10-11(7-8)14(15)16-12-5-3-4-9(2)13(10)12/h3-5,7H,6H2,1-2H3,(H2,15,16). The molecule has 0 fully saturated rings. The van der Waals surface area contributed by atoms with E-state index in [1.54, 1.807) is 0 Å². The quantitative estimate of drug-likeness (QED) is 0.725. The average molecular weight is 210 g/mol. The Hall–Kier alpha value is -1.83. The molecule has 2 nitrogen and oxygen atoms in total. The summed E-state index contributed by atoms with van der Waals surface area (Å²) >= 11 is 0. The predicted octanol–water partition coefficient (Wildman–Crippen LogP) is 3.08. The van der Waals surface area contributed by atoms with Gasteiger partial charge in [0.1, 0.15) is 5.82 Å². The van der Waals surface area contributed by atoms with Crippen LogP contribution in [-0.4, -0.2) is 4.98 Å². The number of fused-ring (bicyclic) bond motifs is 3. The monoisotopic (exact) mass is 210 g/mol. The largest absolute Gasteiger partial charge is 0.383 e. The first-order chi connectivity index (χ1) is 7.66. The lowest BCUT2D eigenvalue weighted by Crippen LogP contribution is -1.99. The summed E-state index contributed by atoms with van der Waals surface area (Å²) in [7, 11) is 0. The number of nitrogens with zero attached hydrogens (tertiary/aromatic N) is 1. The summed E-state index contributed by atoms with van der Waals surface area (Å²) in [5.41, 5.74) is 12.1. The Morgan fingerprint density at radius 1 is 1.25 bits per heavy atom. The van der Waals surface area contributed by atoms with Crippen molar-refractivity contribution >= 4 is 22.8 Å². The molecule has 2 heteroatoms. The molecule has 0 atom stereocenters. The second kappa shape index (κ2) is 3.08. The van der Waals surface area contributed by atoms with Gasteiger partial charge in [-0.05, 0) is 37.5 Å². The number of hydrogen-bond donors (Lipinski definition) is 1. The van der Waals surface area contributed by atoms with Gasteiger partial charge in [0.05, 0.1) is 5.52 Å². The number of anilines is 1. The van der Waals surface area contributed by atoms with Gasteiger partial charge in [-0.1, -0.05) is 23.8 Å². The van der Waals surface area contributed by atoms with E-state index in [0.717, 1.165) is 17.5 Å². The van der Waals surface area contributed by atoms with Crippen molar-refractivity contribution in [1.82, 2.24) is 4.98 Å². The summed E-state index contributed by atoms with van der Waals surface area (Å²) in [6.45, 7) is 4.28. The molecule has 0 aliphatic heterocycles. The molecule has 1 heterocycles. The first-order valence-corrected chi connectivity index (χ1v) is 5.51. The Balaban J connectivity index is 2.47. The van der Waals surface area contributed by atoms with Gasteiger partial charge in [-0.25, -0.2) is 4.98 Å². The number of allylic oxidation sites excluding steroid dienone is 1. The van der Waals surface area contributed by atoms with Gasteiger partial charge in [0, 0.05) is 10.9 Å². The number of aryl methyl sites for hydroxylation is 1. The van der Waals surface area contributed by atoms with Gasteiger partial charge in [0.15, 0.2) is 0 Å². The van der Waals surface area contributed by atoms with Gasteiger partial charge in [0.25, 0.3) is 0 Å². The first-order valence-electron chi connectivity index (χ1n) is 5.51. The van der Waals surface area contributed by atoms with E-state index in [2.05, 4.69) is 31.0 Å². The Morgan fingerprint density at radius 2 is 2.06 bits per heavy atom. The number of hydrogen-bond acceptors (Lipinski definition) is 2. The molecule has 0 bridgehead atoms. The molecule has 0 saturated carbocycles. The lowest BCUT2D eigenvalue weighted by atomic mass is 10.00. The molecule has 0 amide bonds. The number of pyridine rings is 1. The SMILES string of the molecule is CC1=Cc2c(N)nc3cccc(C)c3c2C1. The molecule has 80 valence electrons. The highest BCUT2D eigenvalue weighted by Crippen LogP contribution is 2.35. The molecule has 2 aromatic rings. The van der Waals surface area contributed by atoms with Crippen molar-refractivity contribution in [3.05, 3.63) is 40.5 Å². The maximum absolute atomic E-state index is 5.99. The molecule has 3 rings (SSSR count). The maximum Gasteiger partial charge on any atom is 0.131 e. The average Bonchev–Trinajstić information content (AvgIpc) is 2.60. The number of nitrogen functional groups attached to an aromatic ring is 1. The summed E-state index contributed by atoms with van der Waals surface area (Å²) in [5, 5.41) is 1.28. The van der Waals surface area contributed by atoms with E-state index in [9.17, 15) is 0 Å². The summed E-state index contributed by atoms with van der Waals surface area (Å²) < 4.78 is 0. The van der Waals surface area contributed by atoms with Crippen LogP contribution in [-0.2, 0) is 6.42 Å². The van der Waals surface area contributed by atoms with Crippen molar-refractivity contribution in [2.75, 3.05) is 5.73 Å². The normalized spacial score (nSPS) is 14.0. The second-order valence-electron chi connectivity index (χ2n) is 4.53. The lowest BCUT2D eigenvalue weighted by molar-refractivity contribution is 1.20. The Kier molecular flexibility index (Phi) is 1.81. The van der Waals surface area contributed by atoms with Crippen LogP contribution in [0.5, 0.6) is 0 Å². The highest BCUT2D eigenvalue weighted by atomic mass is 14.8. The second-order valence-corrected chi connectivity index (χ2v) is 4.53. The number of benzene rings is 1. The number of aromatic nitrogens is 1. The van der Waals surface area contributed by atoms with Gasteiger partial charge >= 0.3 is 0 Å². The van der Waals surface area contributed by atoms with E-state index in [0.29, 0.717) is 5.82 Å². The fourth-order valence-corrected chi connectivity index (χ4v) is 2.54. The maximum atomic E-state index is 5.99. The van der Waals surface area contributed by atoms with E-state index < -0.39 is 0 Å². The molecular weight excluding hydrogens is 196 g/mol. The van der Waals surface area contributed by atoms with E-state index in [1.807, 2.05) is 12.1 Å². The molecule has 1 aliphatic carbocycles. The zero-order valence-electron chi connectivity index (χ0n) is 9.54. The molecule has 1 aliphatic rings. The Bertz CT molecular complexity index is 624. The third-order valence-electron chi connectivity index (χ3n) is 3.24. The Morgan fingerprint density at radius 3 is 2.88 bits per heavy atom. The first kappa shape index (κ1) is 9.40. The van der Waals surface area contributed by atoms with Crippen LogP contribution in [0.15, 0.2) is 23.8 Å². The molecule has 16 heavy (non-hydrogen) atoms. The zero-order chi connectivity index (χ0) is 11.3. The van der Waals surface area contributed by atoms with E-state index in [1.165, 1.54) is 22.1 Å². The minimum absolute atomic E-state index is 0.657. The van der Waals surface area contributed by atoms with Crippen molar-refractivity contribution in [3.8, 4) is 0 Å². The van der Waals surface area contributed by atoms with Crippen LogP contribution in [0, 0.1) is 6.92 Å². The highest BCUT2D eigenvalue weighted by Gasteiger charge is 2.18. The fourth-order valence-electron chi connectivity index (χ4n) is 2.54. The van der Waals surface area contributed by atoms with Crippen molar-refractivity contribution in [1.29, 1.82) is 0 Å². The minimum atomic E-state index is 0.657. The summed E-state index contributed by atoms with van der Waals surface area (Å²) in [4.78, 5) is 4.48. The van der Waals surface area contributed by atoms with Gasteiger partial charge in [0.2, 0.25) is 0 Å². The van der Waals surface area contributed by atoms with E-state index in [-0.39, 0.29) is 0 Å². The summed E-state index contributed by atoms with van der Waals surface area (Å²) in [6.07, 6.45) is 3.16. The summed E-state index contributed by atoms with van der Waals surface area (Å²) in [5.74, 6) is 0.657. The minimum Gasteiger partial charge on any atom is -0.383 e. The molecular formula is C14H14N2. The van der Waals surface area contributed by atoms with Crippen molar-refractivity contribution in [2.45, 2.75) is 20.3 Å². The lowest BCUT2D eigenvalue weighted by Gasteiger charge is -2.09. The van der Waals surface area contributed by atoms with Crippen LogP contribution in [0.25, 0.3) is 17.0 Å². The molecule has 0 unspecified atom stereocenters. The van der Waals surface area contributed by atoms with Crippen molar-refractivity contribution in [2.24, 2.45) is 0 Å². The van der Waals surface area contributed by atoms with Crippen molar-refractivity contribution < 1.29 is 0 Å². The van der Waals surface area contributed by atoms with Crippen LogP contribution < -0.4 is 5.73 Å². The molecule has 1 aromatic carbocycles. The third-order valence-corrected chi connectivity index (χ3v) is 3.24. The van der Waals surface area contributed by atoms with Crippen LogP contribution in [0.1, 0.15) is 23.6 Å². The van der Waals surface area contributed by atoms with Crippen LogP contribution in [0.4, 0.5) is 5.82 Å². The van der Waals surface area contributed by atoms with Crippen molar-refractivity contribution in [3.63, 3.8) is 0 Å². The third kappa shape index (κ3) is 1.16. The van der Waals surface area contributed by atoms with Gasteiger partial charge < -0.3 is 5.73 Å². The number of rotatable bonds is 0. The fraction of sp³-hybridized carbons (Fsp3) is 0.214. The van der Waals surface area contributed by atoms with Crippen LogP contribution >= 0.6 is 0 Å². The van der Waals surface area contributed by atoms with E-state index in [4.69, 9.17) is 5.73 Å². The summed E-state index contributed by atoms with van der Waals surface area (Å²) in [6, 6.07) is 6.20. The molecule has 0 spiro atoms. The molecule has 1 aromatic heterocycles. The van der Waals surface area contributed by atoms with Crippen LogP contribution in [0.2, 0.25) is 0 Å². The topological polar surface area (TPSA) is 38.9 Å². The predicted molar refractivity (Wildman–Crippen MR) is 68.2 cm³/mol. The van der Waals surface area contributed by atoms with Gasteiger partial charge in [-0.15, -0.1) is 0 Å². The Labute approximate surface area is 94.8 Å².